The number of nitro groups is 1. The summed E-state index contributed by atoms with van der Waals surface area (Å²) in [5, 5.41) is 26.9. The molecule has 6 aromatic rings. The van der Waals surface area contributed by atoms with Gasteiger partial charge >= 0.3 is 0 Å². The maximum atomic E-state index is 14.9. The average Bonchev–Trinajstić information content (AvgIpc) is 1.70. The van der Waals surface area contributed by atoms with E-state index < -0.39 is 43.1 Å². The number of sulfonamides is 1. The summed E-state index contributed by atoms with van der Waals surface area (Å²) in [5.41, 5.74) is 5.99. The number of morpholine rings is 1. The van der Waals surface area contributed by atoms with Crippen LogP contribution in [0, 0.1) is 21.4 Å². The lowest BCUT2D eigenvalue weighted by atomic mass is 9.59. The summed E-state index contributed by atoms with van der Waals surface area (Å²) < 4.78 is 55.1. The minimum atomic E-state index is -4.65. The Morgan fingerprint density at radius 3 is 2.49 bits per heavy atom. The quantitative estimate of drug-likeness (QED) is 0.0589. The molecule has 2 spiro atoms. The van der Waals surface area contributed by atoms with Crippen molar-refractivity contribution in [2.45, 2.75) is 125 Å². The maximum Gasteiger partial charge on any atom is 0.293 e. The van der Waals surface area contributed by atoms with Gasteiger partial charge in [-0.15, -0.1) is 0 Å². The van der Waals surface area contributed by atoms with Crippen LogP contribution in [-0.2, 0) is 31.6 Å². The molecule has 4 saturated heterocycles. The number of nitrogens with one attached hydrogen (secondary N) is 3. The summed E-state index contributed by atoms with van der Waals surface area (Å²) >= 11 is 0. The van der Waals surface area contributed by atoms with Crippen LogP contribution in [-0.4, -0.2) is 159 Å². The van der Waals surface area contributed by atoms with Gasteiger partial charge in [0.25, 0.3) is 21.6 Å². The van der Waals surface area contributed by atoms with E-state index in [9.17, 15) is 28.4 Å². The summed E-state index contributed by atoms with van der Waals surface area (Å²) in [7, 11) is -2.91. The highest BCUT2D eigenvalue weighted by Gasteiger charge is 2.57. The van der Waals surface area contributed by atoms with Crippen molar-refractivity contribution in [3.8, 4) is 11.6 Å². The first-order valence-electron chi connectivity index (χ1n) is 31.2. The predicted octanol–water partition coefficient (Wildman–Crippen LogP) is 8.84. The zero-order valence-corrected chi connectivity index (χ0v) is 50.7. The molecule has 4 N–H and O–H groups in total. The fraction of sp³-hybridized carbons (Fsp3) is 0.523. The third kappa shape index (κ3) is 10.9. The van der Waals surface area contributed by atoms with Crippen LogP contribution in [0.2, 0.25) is 0 Å². The largest absolute Gasteiger partial charge is 0.493 e. The van der Waals surface area contributed by atoms with Gasteiger partial charge in [-0.2, -0.15) is 4.98 Å². The molecule has 8 aliphatic rings. The molecule has 0 bridgehead atoms. The van der Waals surface area contributed by atoms with Crippen molar-refractivity contribution >= 4 is 61.2 Å². The number of aliphatic hydroxyl groups is 1. The van der Waals surface area contributed by atoms with E-state index in [1.54, 1.807) is 13.2 Å². The Morgan fingerprint density at radius 1 is 0.897 bits per heavy atom. The number of hydrogen-bond donors (Lipinski definition) is 4. The Kier molecular flexibility index (Phi) is 15.1. The number of amides is 1. The maximum absolute atomic E-state index is 14.9. The van der Waals surface area contributed by atoms with Crippen molar-refractivity contribution in [2.24, 2.45) is 11.3 Å². The molecular formula is C65H79N11O10S. The fourth-order valence-electron chi connectivity index (χ4n) is 16.0. The molecule has 3 aliphatic carbocycles. The Morgan fingerprint density at radius 2 is 1.70 bits per heavy atom. The topological polar surface area (TPSA) is 233 Å². The van der Waals surface area contributed by atoms with E-state index in [4.69, 9.17) is 28.9 Å². The lowest BCUT2D eigenvalue weighted by Crippen LogP contribution is -2.66. The van der Waals surface area contributed by atoms with Crippen molar-refractivity contribution in [3.05, 3.63) is 124 Å². The van der Waals surface area contributed by atoms with Crippen molar-refractivity contribution in [1.29, 1.82) is 0 Å². The summed E-state index contributed by atoms with van der Waals surface area (Å²) in [6.07, 6.45) is 12.1. The lowest BCUT2D eigenvalue weighted by molar-refractivity contribution is -0.384. The number of carbonyl (C=O) groups excluding carboxylic acids is 1. The van der Waals surface area contributed by atoms with E-state index in [1.807, 2.05) is 43.6 Å². The zero-order chi connectivity index (χ0) is 59.8. The number of nitrogens with zero attached hydrogens (tertiary/aromatic N) is 8. The third-order valence-corrected chi connectivity index (χ3v) is 22.0. The molecule has 3 aromatic heterocycles. The van der Waals surface area contributed by atoms with Gasteiger partial charge in [0.05, 0.1) is 65.2 Å². The van der Waals surface area contributed by atoms with Gasteiger partial charge in [0.1, 0.15) is 23.1 Å². The van der Waals surface area contributed by atoms with Crippen LogP contribution in [0.25, 0.3) is 11.0 Å². The molecule has 4 atom stereocenters. The predicted molar refractivity (Wildman–Crippen MR) is 331 cm³/mol. The number of benzene rings is 3. The molecule has 2 saturated carbocycles. The molecule has 5 aliphatic heterocycles. The average molecular weight is 1210 g/mol. The lowest BCUT2D eigenvalue weighted by Gasteiger charge is -2.61. The van der Waals surface area contributed by atoms with Gasteiger partial charge in [0.15, 0.2) is 11.6 Å². The fourth-order valence-corrected chi connectivity index (χ4v) is 17.0. The second-order valence-corrected chi connectivity index (χ2v) is 27.9. The number of H-pyrrole nitrogens is 1. The van der Waals surface area contributed by atoms with Crippen LogP contribution < -0.4 is 34.2 Å². The number of piperazine rings is 1. The molecule has 8 heterocycles. The number of pyridine rings is 2. The van der Waals surface area contributed by atoms with Gasteiger partial charge in [0.2, 0.25) is 5.88 Å². The number of nitro benzene ring substituents is 1. The van der Waals surface area contributed by atoms with Gasteiger partial charge in [-0.05, 0) is 154 Å². The first-order chi connectivity index (χ1) is 42.0. The normalized spacial score (nSPS) is 26.6. The third-order valence-electron chi connectivity index (χ3n) is 20.7. The van der Waals surface area contributed by atoms with Gasteiger partial charge in [-0.25, -0.2) is 18.1 Å². The van der Waals surface area contributed by atoms with E-state index >= 15 is 0 Å². The van der Waals surface area contributed by atoms with E-state index in [1.165, 1.54) is 23.3 Å². The highest BCUT2D eigenvalue weighted by atomic mass is 32.2. The van der Waals surface area contributed by atoms with Crippen molar-refractivity contribution < 1.29 is 42.2 Å². The molecular weight excluding hydrogens is 1130 g/mol. The molecule has 460 valence electrons. The number of fused-ring (bicyclic) bond motifs is 5. The first-order valence-corrected chi connectivity index (χ1v) is 32.7. The van der Waals surface area contributed by atoms with Gasteiger partial charge in [0, 0.05) is 101 Å². The van der Waals surface area contributed by atoms with Crippen LogP contribution in [0.15, 0.2) is 96.2 Å². The van der Waals surface area contributed by atoms with Crippen LogP contribution in [0.4, 0.5) is 34.3 Å². The number of ether oxygens (including phenoxy) is 4. The molecule has 3 aromatic carbocycles. The second kappa shape index (κ2) is 22.8. The number of rotatable bonds is 14. The van der Waals surface area contributed by atoms with Crippen molar-refractivity contribution in [1.82, 2.24) is 29.5 Å². The van der Waals surface area contributed by atoms with Crippen molar-refractivity contribution in [2.75, 3.05) is 106 Å². The zero-order valence-electron chi connectivity index (χ0n) is 49.9. The van der Waals surface area contributed by atoms with Crippen LogP contribution in [0.3, 0.4) is 0 Å². The molecule has 21 nitrogen and oxygen atoms in total. The number of hydrogen-bond acceptors (Lipinski definition) is 18. The Hall–Kier alpha value is -7.08. The second-order valence-electron chi connectivity index (χ2n) is 26.2. The number of piperidine rings is 1. The molecule has 87 heavy (non-hydrogen) atoms. The molecule has 1 amide bonds. The molecule has 6 fully saturated rings. The van der Waals surface area contributed by atoms with E-state index in [-0.39, 0.29) is 34.2 Å². The van der Waals surface area contributed by atoms with E-state index in [0.29, 0.717) is 87.1 Å². The monoisotopic (exact) mass is 1210 g/mol. The van der Waals surface area contributed by atoms with E-state index in [0.717, 1.165) is 132 Å². The Balaban J connectivity index is 0.712. The number of aromatic nitrogens is 3. The van der Waals surface area contributed by atoms with Crippen LogP contribution in [0.1, 0.15) is 111 Å². The molecule has 14 rings (SSSR count). The standard InChI is InChI=1S/C65H79N11O10S/c1-42-34-65(51-7-5-4-6-49(42)51)41-71(39-44-30-57(83-3)60(68-38-44)73-25-28-84-29-26-73)23-24-74(65)47-35-64(36-47)18-21-72(22-19-64)46-8-10-50(54(32-46)75-53-15-27-85-40-58(53)86-62-56(75)31-45-14-20-66-59(45)69-62)61(77)70-87(81,82)48-9-11-52(55(33-48)76(79)80)67-37-43-12-16-63(2,78)17-13-43/h4-11,14,20,30-33,38,42-43,47,53,58,67,78H,12-13,15-19,21-29,34-37,39-41H2,1-3H3,(H,66,69)(H,70,77)/t42-,43?,53+,58+,63?,65-/m1/s1. The van der Waals surface area contributed by atoms with Gasteiger partial charge < -0.3 is 49.1 Å². The highest BCUT2D eigenvalue weighted by Crippen LogP contribution is 2.58. The van der Waals surface area contributed by atoms with E-state index in [2.05, 4.69) is 76.8 Å². The molecule has 22 heteroatoms. The first kappa shape index (κ1) is 57.7. The summed E-state index contributed by atoms with van der Waals surface area (Å²) in [6, 6.07) is 24.7. The Labute approximate surface area is 507 Å². The molecule has 0 radical (unpaired) electrons. The Bertz CT molecular complexity index is 3700. The summed E-state index contributed by atoms with van der Waals surface area (Å²) in [6.45, 7) is 13.6. The highest BCUT2D eigenvalue weighted by molar-refractivity contribution is 7.90. The van der Waals surface area contributed by atoms with Gasteiger partial charge in [-0.1, -0.05) is 31.2 Å². The smallest absolute Gasteiger partial charge is 0.293 e. The van der Waals surface area contributed by atoms with Crippen LogP contribution in [0.5, 0.6) is 11.6 Å². The SMILES string of the molecule is COc1cc(CN2CCN(C3CC4(CCN(c5ccc(C(=O)NS(=O)(=O)c6ccc(NCC7CCC(C)(O)CC7)c([N+](=O)[O-])c6)c(N6c7cc8cc[nH]c8nc7O[C@H]7COCC[C@@H]76)c5)CC4)C3)[C@]3(C[C@@H](C)c4ccccc43)C2)cnc1N1CCOCC1. The summed E-state index contributed by atoms with van der Waals surface area (Å²) in [4.78, 5) is 51.7. The number of aromatic amines is 1. The number of methoxy groups -OCH3 is 1. The number of anilines is 5. The molecule has 0 unspecified atom stereocenters. The minimum absolute atomic E-state index is 0.110. The van der Waals surface area contributed by atoms with Crippen molar-refractivity contribution in [3.63, 3.8) is 0 Å². The summed E-state index contributed by atoms with van der Waals surface area (Å²) in [5.74, 6) is 1.80. The number of carbonyl (C=O) groups is 1. The van der Waals surface area contributed by atoms with Gasteiger partial charge in [-0.3, -0.25) is 24.7 Å². The minimum Gasteiger partial charge on any atom is -0.493 e. The van der Waals surface area contributed by atoms with Crippen LogP contribution >= 0.6 is 0 Å².